The monoisotopic (exact) mass is 267 g/mol. The van der Waals surface area contributed by atoms with Gasteiger partial charge < -0.3 is 20.9 Å². The van der Waals surface area contributed by atoms with E-state index in [2.05, 4.69) is 20.5 Å². The number of hydrogen-bond donors (Lipinski definition) is 3. The maximum absolute atomic E-state index is 12.0. The molecular formula is C10H17N7O2. The number of nitrogen functional groups attached to an aromatic ring is 1. The van der Waals surface area contributed by atoms with Crippen LogP contribution < -0.4 is 11.1 Å². The summed E-state index contributed by atoms with van der Waals surface area (Å²) in [6.45, 7) is 4.40. The summed E-state index contributed by atoms with van der Waals surface area (Å²) in [5.41, 5.74) is 5.36. The maximum Gasteiger partial charge on any atom is 0.317 e. The molecule has 0 unspecified atom stereocenters. The van der Waals surface area contributed by atoms with Gasteiger partial charge in [-0.3, -0.25) is 9.89 Å². The molecule has 104 valence electrons. The van der Waals surface area contributed by atoms with Crippen LogP contribution in [-0.4, -0.2) is 69.6 Å². The van der Waals surface area contributed by atoms with E-state index in [1.54, 1.807) is 9.80 Å². The average molecular weight is 267 g/mol. The summed E-state index contributed by atoms with van der Waals surface area (Å²) in [4.78, 5) is 30.7. The molecule has 2 rings (SSSR count). The van der Waals surface area contributed by atoms with Crippen LogP contribution in [0.1, 0.15) is 17.5 Å². The molecule has 9 nitrogen and oxygen atoms in total. The Morgan fingerprint density at radius 3 is 2.47 bits per heavy atom. The Balaban J connectivity index is 1.89. The van der Waals surface area contributed by atoms with Crippen LogP contribution in [0.2, 0.25) is 0 Å². The topological polar surface area (TPSA) is 120 Å². The van der Waals surface area contributed by atoms with Crippen molar-refractivity contribution in [2.24, 2.45) is 0 Å². The van der Waals surface area contributed by atoms with E-state index in [0.717, 1.165) is 0 Å². The number of rotatable bonds is 2. The molecular weight excluding hydrogens is 250 g/mol. The minimum absolute atomic E-state index is 0.0457. The fourth-order valence-corrected chi connectivity index (χ4v) is 1.90. The highest BCUT2D eigenvalue weighted by atomic mass is 16.2. The molecule has 1 aliphatic heterocycles. The van der Waals surface area contributed by atoms with E-state index < -0.39 is 0 Å². The summed E-state index contributed by atoms with van der Waals surface area (Å²) >= 11 is 0. The average Bonchev–Trinajstić information content (AvgIpc) is 2.85. The first-order chi connectivity index (χ1) is 9.11. The second-order valence-corrected chi connectivity index (χ2v) is 4.16. The first kappa shape index (κ1) is 13.1. The van der Waals surface area contributed by atoms with E-state index in [-0.39, 0.29) is 23.7 Å². The number of amides is 3. The molecule has 2 heterocycles. The van der Waals surface area contributed by atoms with Crippen molar-refractivity contribution in [1.29, 1.82) is 0 Å². The summed E-state index contributed by atoms with van der Waals surface area (Å²) in [5, 5.41) is 8.84. The van der Waals surface area contributed by atoms with Crippen LogP contribution in [0, 0.1) is 0 Å². The summed E-state index contributed by atoms with van der Waals surface area (Å²) in [7, 11) is 0. The Hall–Kier alpha value is -2.32. The van der Waals surface area contributed by atoms with Crippen LogP contribution >= 0.6 is 0 Å². The molecule has 0 aromatic carbocycles. The van der Waals surface area contributed by atoms with Crippen molar-refractivity contribution < 1.29 is 9.59 Å². The number of anilines is 1. The summed E-state index contributed by atoms with van der Waals surface area (Å²) in [6, 6.07) is -0.0986. The fraction of sp³-hybridized carbons (Fsp3) is 0.600. The zero-order chi connectivity index (χ0) is 13.8. The number of carbonyl (C=O) groups excluding carboxylic acids is 2. The molecule has 19 heavy (non-hydrogen) atoms. The Morgan fingerprint density at radius 2 is 1.95 bits per heavy atom. The van der Waals surface area contributed by atoms with E-state index >= 15 is 0 Å². The van der Waals surface area contributed by atoms with Gasteiger partial charge >= 0.3 is 6.03 Å². The molecule has 1 saturated heterocycles. The normalized spacial score (nSPS) is 15.4. The van der Waals surface area contributed by atoms with E-state index in [1.807, 2.05) is 6.92 Å². The Morgan fingerprint density at radius 1 is 1.32 bits per heavy atom. The number of hydrogen-bond acceptors (Lipinski definition) is 5. The van der Waals surface area contributed by atoms with Crippen molar-refractivity contribution in [3.8, 4) is 0 Å². The van der Waals surface area contributed by atoms with E-state index in [4.69, 9.17) is 5.73 Å². The fourth-order valence-electron chi connectivity index (χ4n) is 1.90. The van der Waals surface area contributed by atoms with Crippen LogP contribution in [0.4, 0.5) is 10.7 Å². The van der Waals surface area contributed by atoms with Crippen molar-refractivity contribution >= 4 is 17.9 Å². The molecule has 9 heteroatoms. The van der Waals surface area contributed by atoms with Gasteiger partial charge in [-0.2, -0.15) is 4.98 Å². The molecule has 1 aliphatic rings. The Labute approximate surface area is 110 Å². The predicted octanol–water partition coefficient (Wildman–Crippen LogP) is -1.13. The molecule has 0 bridgehead atoms. The molecule has 0 radical (unpaired) electrons. The van der Waals surface area contributed by atoms with Gasteiger partial charge in [-0.05, 0) is 6.92 Å². The maximum atomic E-state index is 12.0. The molecule has 1 aromatic heterocycles. The lowest BCUT2D eigenvalue weighted by atomic mass is 10.3. The van der Waals surface area contributed by atoms with Crippen LogP contribution in [0.5, 0.6) is 0 Å². The van der Waals surface area contributed by atoms with E-state index in [0.29, 0.717) is 32.7 Å². The lowest BCUT2D eigenvalue weighted by Gasteiger charge is -2.34. The second kappa shape index (κ2) is 5.55. The first-order valence-corrected chi connectivity index (χ1v) is 6.11. The Bertz CT molecular complexity index is 464. The van der Waals surface area contributed by atoms with Gasteiger partial charge in [0.05, 0.1) is 0 Å². The Kier molecular flexibility index (Phi) is 3.83. The zero-order valence-electron chi connectivity index (χ0n) is 10.7. The summed E-state index contributed by atoms with van der Waals surface area (Å²) in [6.07, 6.45) is 0. The third kappa shape index (κ3) is 2.92. The minimum atomic E-state index is -0.250. The lowest BCUT2D eigenvalue weighted by Crippen LogP contribution is -2.53. The van der Waals surface area contributed by atoms with Gasteiger partial charge in [-0.25, -0.2) is 4.79 Å². The van der Waals surface area contributed by atoms with Crippen LogP contribution in [-0.2, 0) is 0 Å². The van der Waals surface area contributed by atoms with E-state index in [9.17, 15) is 9.59 Å². The summed E-state index contributed by atoms with van der Waals surface area (Å²) < 4.78 is 0. The van der Waals surface area contributed by atoms with Crippen LogP contribution in [0.15, 0.2) is 0 Å². The number of nitrogens with two attached hydrogens (primary N) is 1. The van der Waals surface area contributed by atoms with Gasteiger partial charge in [0.25, 0.3) is 5.91 Å². The molecule has 0 spiro atoms. The molecule has 4 N–H and O–H groups in total. The number of H-pyrrole nitrogens is 1. The van der Waals surface area contributed by atoms with Gasteiger partial charge in [0, 0.05) is 32.7 Å². The van der Waals surface area contributed by atoms with Gasteiger partial charge in [-0.15, -0.1) is 5.10 Å². The van der Waals surface area contributed by atoms with E-state index in [1.165, 1.54) is 0 Å². The largest absolute Gasteiger partial charge is 0.366 e. The number of urea groups is 1. The molecule has 0 atom stereocenters. The molecule has 3 amide bonds. The first-order valence-electron chi connectivity index (χ1n) is 6.11. The quantitative estimate of drug-likeness (QED) is 0.626. The number of carbonyl (C=O) groups is 2. The molecule has 0 saturated carbocycles. The highest BCUT2D eigenvalue weighted by Crippen LogP contribution is 2.06. The highest BCUT2D eigenvalue weighted by molar-refractivity contribution is 5.90. The smallest absolute Gasteiger partial charge is 0.317 e. The number of nitrogens with zero attached hydrogens (tertiary/aromatic N) is 4. The lowest BCUT2D eigenvalue weighted by molar-refractivity contribution is 0.0654. The van der Waals surface area contributed by atoms with Crippen molar-refractivity contribution in [3.63, 3.8) is 0 Å². The van der Waals surface area contributed by atoms with Crippen molar-refractivity contribution in [1.82, 2.24) is 30.3 Å². The number of nitrogens with one attached hydrogen (secondary N) is 2. The highest BCUT2D eigenvalue weighted by Gasteiger charge is 2.26. The molecule has 1 fully saturated rings. The number of aromatic nitrogens is 3. The number of aromatic amines is 1. The summed E-state index contributed by atoms with van der Waals surface area (Å²) in [5.74, 6) is -0.0759. The zero-order valence-corrected chi connectivity index (χ0v) is 10.7. The molecule has 1 aromatic rings. The predicted molar refractivity (Wildman–Crippen MR) is 67.3 cm³/mol. The third-order valence-electron chi connectivity index (χ3n) is 2.89. The van der Waals surface area contributed by atoms with Crippen LogP contribution in [0.3, 0.4) is 0 Å². The van der Waals surface area contributed by atoms with Gasteiger partial charge in [0.15, 0.2) is 0 Å². The van der Waals surface area contributed by atoms with Gasteiger partial charge in [0.1, 0.15) is 0 Å². The van der Waals surface area contributed by atoms with Crippen LogP contribution in [0.25, 0.3) is 0 Å². The van der Waals surface area contributed by atoms with Crippen molar-refractivity contribution in [2.75, 3.05) is 38.5 Å². The van der Waals surface area contributed by atoms with Gasteiger partial charge in [-0.1, -0.05) is 0 Å². The molecule has 0 aliphatic carbocycles. The SMILES string of the molecule is CCNC(=O)N1CCN(C(=O)c2nc(N)n[nH]2)CC1. The standard InChI is InChI=1S/C10H17N7O2/c1-2-12-10(19)17-5-3-16(4-6-17)8(18)7-13-9(11)15-14-7/h2-6H2,1H3,(H,12,19)(H3,11,13,14,15). The minimum Gasteiger partial charge on any atom is -0.366 e. The second-order valence-electron chi connectivity index (χ2n) is 4.16. The number of piperazine rings is 1. The van der Waals surface area contributed by atoms with Gasteiger partial charge in [0.2, 0.25) is 11.8 Å². The third-order valence-corrected chi connectivity index (χ3v) is 2.89. The van der Waals surface area contributed by atoms with Crippen molar-refractivity contribution in [3.05, 3.63) is 5.82 Å². The van der Waals surface area contributed by atoms with Crippen molar-refractivity contribution in [2.45, 2.75) is 6.92 Å².